The Balaban J connectivity index is 0.00000288. The first-order chi connectivity index (χ1) is 11.1. The standard InChI is InChI=1S/C16H21FN4O2.2ClH/c1-21-9-7-19-16(21)15(12-3-5-13(17)6-4-12)20-14(22)11-18-8-10-23-2;;/h3-7,9,15,18H,8,10-11H2,1-2H3,(H,20,22);2*1H. The molecule has 1 atom stereocenters. The van der Waals surface area contributed by atoms with Gasteiger partial charge in [-0.1, -0.05) is 12.1 Å². The zero-order chi connectivity index (χ0) is 16.7. The molecule has 2 rings (SSSR count). The van der Waals surface area contributed by atoms with Crippen LogP contribution in [0.1, 0.15) is 17.4 Å². The van der Waals surface area contributed by atoms with E-state index in [0.717, 1.165) is 5.56 Å². The SMILES string of the molecule is COCCNCC(=O)NC(c1ccc(F)cc1)c1nccn1C.Cl.Cl. The molecule has 0 bridgehead atoms. The monoisotopic (exact) mass is 392 g/mol. The van der Waals surface area contributed by atoms with Crippen LogP contribution in [0, 0.1) is 5.82 Å². The number of halogens is 3. The highest BCUT2D eigenvalue weighted by Crippen LogP contribution is 2.20. The summed E-state index contributed by atoms with van der Waals surface area (Å²) in [6.07, 6.45) is 3.46. The maximum atomic E-state index is 13.1. The Morgan fingerprint density at radius 3 is 2.56 bits per heavy atom. The molecule has 0 spiro atoms. The fraction of sp³-hybridized carbons (Fsp3) is 0.375. The highest BCUT2D eigenvalue weighted by molar-refractivity contribution is 5.85. The first-order valence-corrected chi connectivity index (χ1v) is 7.33. The van der Waals surface area contributed by atoms with Crippen LogP contribution < -0.4 is 10.6 Å². The Morgan fingerprint density at radius 1 is 1.32 bits per heavy atom. The van der Waals surface area contributed by atoms with Crippen molar-refractivity contribution in [1.82, 2.24) is 20.2 Å². The fourth-order valence-corrected chi connectivity index (χ4v) is 2.20. The van der Waals surface area contributed by atoms with Crippen molar-refractivity contribution in [3.05, 3.63) is 53.9 Å². The molecule has 2 aromatic rings. The molecule has 25 heavy (non-hydrogen) atoms. The Labute approximate surface area is 159 Å². The summed E-state index contributed by atoms with van der Waals surface area (Å²) in [5.74, 6) is 0.195. The Kier molecular flexibility index (Phi) is 11.0. The van der Waals surface area contributed by atoms with Gasteiger partial charge in [0, 0.05) is 33.1 Å². The maximum absolute atomic E-state index is 13.1. The third-order valence-electron chi connectivity index (χ3n) is 3.39. The van der Waals surface area contributed by atoms with E-state index in [1.165, 1.54) is 12.1 Å². The number of aromatic nitrogens is 2. The molecule has 0 aliphatic carbocycles. The quantitative estimate of drug-likeness (QED) is 0.672. The van der Waals surface area contributed by atoms with Crippen molar-refractivity contribution in [3.8, 4) is 0 Å². The van der Waals surface area contributed by atoms with Crippen molar-refractivity contribution in [2.45, 2.75) is 6.04 Å². The van der Waals surface area contributed by atoms with Crippen molar-refractivity contribution in [2.24, 2.45) is 7.05 Å². The van der Waals surface area contributed by atoms with E-state index in [2.05, 4.69) is 15.6 Å². The Hall–Kier alpha value is -1.67. The van der Waals surface area contributed by atoms with Crippen LogP contribution in [0.5, 0.6) is 0 Å². The Bertz CT molecular complexity index is 637. The topological polar surface area (TPSA) is 68.2 Å². The smallest absolute Gasteiger partial charge is 0.234 e. The highest BCUT2D eigenvalue weighted by Gasteiger charge is 2.20. The van der Waals surface area contributed by atoms with E-state index in [9.17, 15) is 9.18 Å². The minimum Gasteiger partial charge on any atom is -0.383 e. The number of imidazole rings is 1. The first-order valence-electron chi connectivity index (χ1n) is 7.33. The number of carbonyl (C=O) groups is 1. The van der Waals surface area contributed by atoms with Crippen LogP contribution in [-0.4, -0.2) is 42.3 Å². The van der Waals surface area contributed by atoms with Gasteiger partial charge in [-0.15, -0.1) is 24.8 Å². The summed E-state index contributed by atoms with van der Waals surface area (Å²) in [6, 6.07) is 5.59. The second kappa shape index (κ2) is 11.8. The zero-order valence-electron chi connectivity index (χ0n) is 14.1. The van der Waals surface area contributed by atoms with Gasteiger partial charge in [-0.2, -0.15) is 0 Å². The zero-order valence-corrected chi connectivity index (χ0v) is 15.7. The molecule has 1 aromatic carbocycles. The van der Waals surface area contributed by atoms with Gasteiger partial charge in [0.2, 0.25) is 5.91 Å². The van der Waals surface area contributed by atoms with Crippen LogP contribution >= 0.6 is 24.8 Å². The highest BCUT2D eigenvalue weighted by atomic mass is 35.5. The number of benzene rings is 1. The van der Waals surface area contributed by atoms with E-state index in [0.29, 0.717) is 19.0 Å². The van der Waals surface area contributed by atoms with Crippen molar-refractivity contribution in [3.63, 3.8) is 0 Å². The van der Waals surface area contributed by atoms with Gasteiger partial charge in [-0.3, -0.25) is 4.79 Å². The number of hydrogen-bond donors (Lipinski definition) is 2. The molecule has 1 heterocycles. The number of amides is 1. The lowest BCUT2D eigenvalue weighted by molar-refractivity contribution is -0.120. The van der Waals surface area contributed by atoms with Crippen LogP contribution in [0.3, 0.4) is 0 Å². The van der Waals surface area contributed by atoms with Crippen LogP contribution in [0.25, 0.3) is 0 Å². The number of rotatable bonds is 8. The molecule has 0 radical (unpaired) electrons. The van der Waals surface area contributed by atoms with Gasteiger partial charge in [-0.05, 0) is 17.7 Å². The molecular weight excluding hydrogens is 370 g/mol. The molecule has 6 nitrogen and oxygen atoms in total. The molecule has 0 aliphatic heterocycles. The van der Waals surface area contributed by atoms with Gasteiger partial charge in [0.05, 0.1) is 13.2 Å². The van der Waals surface area contributed by atoms with Crippen LogP contribution in [0.15, 0.2) is 36.7 Å². The summed E-state index contributed by atoms with van der Waals surface area (Å²) in [4.78, 5) is 16.4. The molecule has 0 fully saturated rings. The van der Waals surface area contributed by atoms with E-state index in [1.807, 2.05) is 11.6 Å². The fourth-order valence-electron chi connectivity index (χ4n) is 2.20. The second-order valence-corrected chi connectivity index (χ2v) is 5.12. The number of nitrogens with one attached hydrogen (secondary N) is 2. The minimum atomic E-state index is -0.438. The number of ether oxygens (including phenoxy) is 1. The van der Waals surface area contributed by atoms with Gasteiger partial charge in [0.25, 0.3) is 0 Å². The molecule has 0 aliphatic rings. The predicted molar refractivity (Wildman–Crippen MR) is 98.8 cm³/mol. The van der Waals surface area contributed by atoms with Crippen molar-refractivity contribution < 1.29 is 13.9 Å². The molecule has 140 valence electrons. The summed E-state index contributed by atoms with van der Waals surface area (Å²) < 4.78 is 19.9. The van der Waals surface area contributed by atoms with Gasteiger partial charge in [-0.25, -0.2) is 9.37 Å². The van der Waals surface area contributed by atoms with E-state index >= 15 is 0 Å². The second-order valence-electron chi connectivity index (χ2n) is 5.12. The summed E-state index contributed by atoms with van der Waals surface area (Å²) in [5, 5.41) is 5.91. The molecule has 9 heteroatoms. The molecule has 1 amide bonds. The normalized spacial score (nSPS) is 11.2. The lowest BCUT2D eigenvalue weighted by Gasteiger charge is -2.19. The van der Waals surface area contributed by atoms with Gasteiger partial charge < -0.3 is 19.9 Å². The molecule has 1 aromatic heterocycles. The molecular formula is C16H23Cl2FN4O2. The molecule has 0 saturated heterocycles. The number of nitrogens with zero attached hydrogens (tertiary/aromatic N) is 2. The summed E-state index contributed by atoms with van der Waals surface area (Å²) in [6.45, 7) is 1.30. The third-order valence-corrected chi connectivity index (χ3v) is 3.39. The van der Waals surface area contributed by atoms with Crippen molar-refractivity contribution >= 4 is 30.7 Å². The Morgan fingerprint density at radius 2 is 2.00 bits per heavy atom. The van der Waals surface area contributed by atoms with E-state index in [1.54, 1.807) is 31.6 Å². The van der Waals surface area contributed by atoms with Crippen LogP contribution in [-0.2, 0) is 16.6 Å². The lowest BCUT2D eigenvalue weighted by atomic mass is 10.1. The maximum Gasteiger partial charge on any atom is 0.234 e. The van der Waals surface area contributed by atoms with Gasteiger partial charge in [0.15, 0.2) is 0 Å². The summed E-state index contributed by atoms with van der Waals surface area (Å²) >= 11 is 0. The number of carbonyl (C=O) groups excluding carboxylic acids is 1. The first kappa shape index (κ1) is 23.3. The average Bonchev–Trinajstić information content (AvgIpc) is 2.96. The molecule has 2 N–H and O–H groups in total. The number of methoxy groups -OCH3 is 1. The summed E-state index contributed by atoms with van der Waals surface area (Å²) in [5.41, 5.74) is 0.769. The largest absolute Gasteiger partial charge is 0.383 e. The van der Waals surface area contributed by atoms with E-state index in [4.69, 9.17) is 4.74 Å². The van der Waals surface area contributed by atoms with Gasteiger partial charge in [0.1, 0.15) is 17.7 Å². The lowest BCUT2D eigenvalue weighted by Crippen LogP contribution is -2.38. The van der Waals surface area contributed by atoms with E-state index < -0.39 is 6.04 Å². The summed E-state index contributed by atoms with van der Waals surface area (Å²) in [7, 11) is 3.45. The van der Waals surface area contributed by atoms with Crippen LogP contribution in [0.2, 0.25) is 0 Å². The third kappa shape index (κ3) is 6.99. The molecule has 1 unspecified atom stereocenters. The van der Waals surface area contributed by atoms with Crippen molar-refractivity contribution in [1.29, 1.82) is 0 Å². The van der Waals surface area contributed by atoms with Crippen molar-refractivity contribution in [2.75, 3.05) is 26.8 Å². The predicted octanol–water partition coefficient (Wildman–Crippen LogP) is 1.84. The van der Waals surface area contributed by atoms with E-state index in [-0.39, 0.29) is 43.1 Å². The van der Waals surface area contributed by atoms with Crippen LogP contribution in [0.4, 0.5) is 4.39 Å². The minimum absolute atomic E-state index is 0. The average molecular weight is 393 g/mol. The molecule has 0 saturated carbocycles. The number of hydrogen-bond acceptors (Lipinski definition) is 4. The van der Waals surface area contributed by atoms with Gasteiger partial charge >= 0.3 is 0 Å². The number of aryl methyl sites for hydroxylation is 1.